The number of nitrogens with zero attached hydrogens (tertiary/aromatic N) is 3. The molecule has 126 valence electrons. The van der Waals surface area contributed by atoms with Crippen LogP contribution in [-0.2, 0) is 4.79 Å². The Morgan fingerprint density at radius 2 is 2.04 bits per heavy atom. The summed E-state index contributed by atoms with van der Waals surface area (Å²) in [5.74, 6) is 0.775. The summed E-state index contributed by atoms with van der Waals surface area (Å²) in [6, 6.07) is 14.8. The van der Waals surface area contributed by atoms with Crippen molar-refractivity contribution in [2.45, 2.75) is 18.9 Å². The van der Waals surface area contributed by atoms with E-state index in [1.165, 1.54) is 0 Å². The summed E-state index contributed by atoms with van der Waals surface area (Å²) >= 11 is 6.00. The average Bonchev–Trinajstić information content (AvgIpc) is 3.11. The summed E-state index contributed by atoms with van der Waals surface area (Å²) in [5, 5.41) is 4.53. The smallest absolute Gasteiger partial charge is 0.247 e. The first kappa shape index (κ1) is 15.8. The molecular weight excluding hydrogens is 336 g/mol. The Morgan fingerprint density at radius 1 is 1.16 bits per heavy atom. The zero-order chi connectivity index (χ0) is 17.2. The molecule has 3 aromatic rings. The molecule has 1 aliphatic heterocycles. The molecule has 6 heteroatoms. The van der Waals surface area contributed by atoms with Gasteiger partial charge in [0.05, 0.1) is 5.52 Å². The molecule has 0 saturated carbocycles. The van der Waals surface area contributed by atoms with Crippen LogP contribution in [-0.4, -0.2) is 28.5 Å². The van der Waals surface area contributed by atoms with Crippen LogP contribution in [0.5, 0.6) is 0 Å². The SMILES string of the molecule is O=C(Nc1cccc(Cl)c1)[C@H]1CCCN1c1ncnc2ccccc12. The molecule has 2 heterocycles. The number of rotatable bonds is 3. The molecule has 0 unspecified atom stereocenters. The molecule has 0 spiro atoms. The molecule has 1 aromatic heterocycles. The molecular formula is C19H17ClN4O. The first-order chi connectivity index (χ1) is 12.2. The normalized spacial score (nSPS) is 17.0. The highest BCUT2D eigenvalue weighted by molar-refractivity contribution is 6.30. The van der Waals surface area contributed by atoms with Crippen molar-refractivity contribution < 1.29 is 4.79 Å². The van der Waals surface area contributed by atoms with Crippen LogP contribution in [0.2, 0.25) is 5.02 Å². The molecule has 1 N–H and O–H groups in total. The van der Waals surface area contributed by atoms with Crippen LogP contribution in [0, 0.1) is 0 Å². The van der Waals surface area contributed by atoms with E-state index in [0.717, 1.165) is 36.1 Å². The standard InChI is InChI=1S/C19H17ClN4O/c20-13-5-3-6-14(11-13)23-19(25)17-9-4-10-24(17)18-15-7-1-2-8-16(15)21-12-22-18/h1-3,5-8,11-12,17H,4,9-10H2,(H,23,25)/t17-/m1/s1. The maximum absolute atomic E-state index is 12.8. The predicted molar refractivity (Wildman–Crippen MR) is 100.0 cm³/mol. The Morgan fingerprint density at radius 3 is 2.92 bits per heavy atom. The second-order valence-electron chi connectivity index (χ2n) is 6.07. The van der Waals surface area contributed by atoms with Crippen LogP contribution < -0.4 is 10.2 Å². The van der Waals surface area contributed by atoms with Crippen LogP contribution >= 0.6 is 11.6 Å². The highest BCUT2D eigenvalue weighted by atomic mass is 35.5. The third-order valence-electron chi connectivity index (χ3n) is 4.44. The lowest BCUT2D eigenvalue weighted by molar-refractivity contribution is -0.117. The third kappa shape index (κ3) is 3.15. The minimum atomic E-state index is -0.253. The van der Waals surface area contributed by atoms with Gasteiger partial charge in [-0.3, -0.25) is 4.79 Å². The fraction of sp³-hybridized carbons (Fsp3) is 0.211. The van der Waals surface area contributed by atoms with Crippen molar-refractivity contribution >= 4 is 39.9 Å². The monoisotopic (exact) mass is 352 g/mol. The van der Waals surface area contributed by atoms with E-state index in [4.69, 9.17) is 11.6 Å². The lowest BCUT2D eigenvalue weighted by Gasteiger charge is -2.25. The highest BCUT2D eigenvalue weighted by Gasteiger charge is 2.32. The molecule has 4 rings (SSSR count). The van der Waals surface area contributed by atoms with Crippen molar-refractivity contribution in [3.8, 4) is 0 Å². The topological polar surface area (TPSA) is 58.1 Å². The minimum absolute atomic E-state index is 0.0394. The van der Waals surface area contributed by atoms with Crippen LogP contribution in [0.4, 0.5) is 11.5 Å². The first-order valence-corrected chi connectivity index (χ1v) is 8.63. The zero-order valence-corrected chi connectivity index (χ0v) is 14.3. The molecule has 25 heavy (non-hydrogen) atoms. The third-order valence-corrected chi connectivity index (χ3v) is 4.68. The molecule has 5 nitrogen and oxygen atoms in total. The quantitative estimate of drug-likeness (QED) is 0.777. The van der Waals surface area contributed by atoms with Gasteiger partial charge in [-0.1, -0.05) is 29.8 Å². The van der Waals surface area contributed by atoms with Gasteiger partial charge in [-0.05, 0) is 43.2 Å². The van der Waals surface area contributed by atoms with Gasteiger partial charge in [0.15, 0.2) is 0 Å². The number of carbonyl (C=O) groups is 1. The maximum atomic E-state index is 12.8. The van der Waals surface area contributed by atoms with Gasteiger partial charge in [0.2, 0.25) is 5.91 Å². The van der Waals surface area contributed by atoms with Gasteiger partial charge >= 0.3 is 0 Å². The molecule has 1 amide bonds. The molecule has 1 saturated heterocycles. The molecule has 0 radical (unpaired) electrons. The minimum Gasteiger partial charge on any atom is -0.344 e. The van der Waals surface area contributed by atoms with E-state index in [0.29, 0.717) is 10.7 Å². The lowest BCUT2D eigenvalue weighted by atomic mass is 10.1. The van der Waals surface area contributed by atoms with Gasteiger partial charge < -0.3 is 10.2 Å². The van der Waals surface area contributed by atoms with E-state index in [9.17, 15) is 4.79 Å². The summed E-state index contributed by atoms with van der Waals surface area (Å²) in [4.78, 5) is 23.6. The van der Waals surface area contributed by atoms with Gasteiger partial charge in [-0.2, -0.15) is 0 Å². The first-order valence-electron chi connectivity index (χ1n) is 8.25. The van der Waals surface area contributed by atoms with Crippen LogP contribution in [0.1, 0.15) is 12.8 Å². The highest BCUT2D eigenvalue weighted by Crippen LogP contribution is 2.30. The molecule has 0 bridgehead atoms. The zero-order valence-electron chi connectivity index (χ0n) is 13.5. The van der Waals surface area contributed by atoms with E-state index < -0.39 is 0 Å². The Hall–Kier alpha value is -2.66. The average molecular weight is 353 g/mol. The number of aromatic nitrogens is 2. The van der Waals surface area contributed by atoms with E-state index in [1.54, 1.807) is 18.5 Å². The van der Waals surface area contributed by atoms with Gasteiger partial charge in [-0.25, -0.2) is 9.97 Å². The second kappa shape index (κ2) is 6.69. The number of anilines is 2. The lowest BCUT2D eigenvalue weighted by Crippen LogP contribution is -2.40. The number of hydrogen-bond acceptors (Lipinski definition) is 4. The summed E-state index contributed by atoms with van der Waals surface area (Å²) in [6.07, 6.45) is 3.30. The largest absolute Gasteiger partial charge is 0.344 e. The van der Waals surface area contributed by atoms with Crippen molar-refractivity contribution in [1.82, 2.24) is 9.97 Å². The van der Waals surface area contributed by atoms with Gasteiger partial charge in [0.1, 0.15) is 18.2 Å². The van der Waals surface area contributed by atoms with Gasteiger partial charge in [0, 0.05) is 22.6 Å². The molecule has 1 fully saturated rings. The van der Waals surface area contributed by atoms with E-state index >= 15 is 0 Å². The van der Waals surface area contributed by atoms with Crippen molar-refractivity contribution in [1.29, 1.82) is 0 Å². The Bertz CT molecular complexity index is 925. The second-order valence-corrected chi connectivity index (χ2v) is 6.50. The summed E-state index contributed by atoms with van der Waals surface area (Å²) < 4.78 is 0. The van der Waals surface area contributed by atoms with Crippen molar-refractivity contribution in [2.75, 3.05) is 16.8 Å². The van der Waals surface area contributed by atoms with E-state index in [1.807, 2.05) is 36.4 Å². The summed E-state index contributed by atoms with van der Waals surface area (Å²) in [5.41, 5.74) is 1.59. The maximum Gasteiger partial charge on any atom is 0.247 e. The van der Waals surface area contributed by atoms with Crippen LogP contribution in [0.3, 0.4) is 0 Å². The number of benzene rings is 2. The predicted octanol–water partition coefficient (Wildman–Crippen LogP) is 3.89. The molecule has 2 aromatic carbocycles. The molecule has 1 atom stereocenters. The van der Waals surface area contributed by atoms with E-state index in [-0.39, 0.29) is 11.9 Å². The Balaban J connectivity index is 1.62. The number of amides is 1. The Labute approximate surface area is 150 Å². The summed E-state index contributed by atoms with van der Waals surface area (Å²) in [7, 11) is 0. The number of halogens is 1. The molecule has 0 aliphatic carbocycles. The van der Waals surface area contributed by atoms with Gasteiger partial charge in [0.25, 0.3) is 0 Å². The molecule has 1 aliphatic rings. The van der Waals surface area contributed by atoms with Gasteiger partial charge in [-0.15, -0.1) is 0 Å². The number of carbonyl (C=O) groups excluding carboxylic acids is 1. The fourth-order valence-corrected chi connectivity index (χ4v) is 3.49. The summed E-state index contributed by atoms with van der Waals surface area (Å²) in [6.45, 7) is 0.800. The van der Waals surface area contributed by atoms with E-state index in [2.05, 4.69) is 20.2 Å². The van der Waals surface area contributed by atoms with Crippen molar-refractivity contribution in [3.05, 3.63) is 59.9 Å². The van der Waals surface area contributed by atoms with Crippen molar-refractivity contribution in [3.63, 3.8) is 0 Å². The van der Waals surface area contributed by atoms with Crippen LogP contribution in [0.15, 0.2) is 54.9 Å². The number of fused-ring (bicyclic) bond motifs is 1. The fourth-order valence-electron chi connectivity index (χ4n) is 3.30. The number of para-hydroxylation sites is 1. The Kier molecular flexibility index (Phi) is 4.24. The number of hydrogen-bond donors (Lipinski definition) is 1. The number of nitrogens with one attached hydrogen (secondary N) is 1. The van der Waals surface area contributed by atoms with Crippen molar-refractivity contribution in [2.24, 2.45) is 0 Å². The van der Waals surface area contributed by atoms with Crippen LogP contribution in [0.25, 0.3) is 10.9 Å².